The van der Waals surface area contributed by atoms with Crippen LogP contribution in [0.3, 0.4) is 0 Å². The van der Waals surface area contributed by atoms with E-state index in [1.807, 2.05) is 0 Å². The first-order chi connectivity index (χ1) is 12.4. The minimum Gasteiger partial charge on any atom is -0.271 e. The van der Waals surface area contributed by atoms with E-state index in [1.165, 1.54) is 44.2 Å². The zero-order valence-corrected chi connectivity index (χ0v) is 21.3. The Morgan fingerprint density at radius 1 is 0.926 bits per heavy atom. The molecule has 0 heterocycles. The molecule has 0 aliphatic heterocycles. The van der Waals surface area contributed by atoms with Crippen molar-refractivity contribution in [3.63, 3.8) is 0 Å². The summed E-state index contributed by atoms with van der Waals surface area (Å²) in [7, 11) is -1.35. The summed E-state index contributed by atoms with van der Waals surface area (Å²) in [6, 6.07) is 0. The molecule has 3 unspecified atom stereocenters. The summed E-state index contributed by atoms with van der Waals surface area (Å²) in [6.07, 6.45) is 18.9. The normalized spacial score (nSPS) is 17.9. The fourth-order valence-electron chi connectivity index (χ4n) is 4.21. The Balaban J connectivity index is 0. The van der Waals surface area contributed by atoms with Gasteiger partial charge in [-0.05, 0) is 49.4 Å². The fraction of sp³-hybridized carbons (Fsp3) is 0.667. The maximum atomic E-state index is 5.57. The Hall–Kier alpha value is -0.0957. The Morgan fingerprint density at radius 3 is 1.59 bits per heavy atom. The molecule has 0 fully saturated rings. The molecule has 0 saturated heterocycles. The first-order valence-electron chi connectivity index (χ1n) is 10.6. The molecule has 0 spiro atoms. The number of rotatable bonds is 11. The summed E-state index contributed by atoms with van der Waals surface area (Å²) in [5, 5.41) is 0. The molecule has 3 heteroatoms. The van der Waals surface area contributed by atoms with Crippen molar-refractivity contribution in [2.24, 2.45) is 4.74 Å². The van der Waals surface area contributed by atoms with Gasteiger partial charge in [0, 0.05) is 33.8 Å². The summed E-state index contributed by atoms with van der Waals surface area (Å²) in [4.78, 5) is 0. The summed E-state index contributed by atoms with van der Waals surface area (Å²) >= 11 is 0. The van der Waals surface area contributed by atoms with E-state index >= 15 is 0 Å². The molecule has 0 saturated carbocycles. The van der Waals surface area contributed by atoms with Gasteiger partial charge in [-0.1, -0.05) is 98.3 Å². The third-order valence-electron chi connectivity index (χ3n) is 5.46. The van der Waals surface area contributed by atoms with E-state index < -0.39 is 7.05 Å². The molecule has 1 rings (SSSR count). The largest absolute Gasteiger partial charge is 0.271 e. The molecule has 154 valence electrons. The van der Waals surface area contributed by atoms with Gasteiger partial charge in [-0.15, -0.1) is 0 Å². The summed E-state index contributed by atoms with van der Waals surface area (Å²) in [5.41, 5.74) is 3.65. The Morgan fingerprint density at radius 2 is 1.33 bits per heavy atom. The Labute approximate surface area is 185 Å². The SMILES string of the molecule is C=CC=C.CCCC(C)P(=NC1=CC=CC1)(C(C)CCC)C(C)CCC.[Ti]. The number of hydrogen-bond acceptors (Lipinski definition) is 1. The minimum atomic E-state index is -1.35. The van der Waals surface area contributed by atoms with E-state index in [4.69, 9.17) is 4.74 Å². The molecule has 27 heavy (non-hydrogen) atoms. The van der Waals surface area contributed by atoms with Gasteiger partial charge in [0.1, 0.15) is 0 Å². The van der Waals surface area contributed by atoms with Gasteiger partial charge in [0.25, 0.3) is 0 Å². The van der Waals surface area contributed by atoms with Crippen LogP contribution in [0.15, 0.2) is 54.0 Å². The van der Waals surface area contributed by atoms with Gasteiger partial charge < -0.3 is 0 Å². The quantitative estimate of drug-likeness (QED) is 0.178. The van der Waals surface area contributed by atoms with Crippen molar-refractivity contribution in [2.75, 3.05) is 0 Å². The van der Waals surface area contributed by atoms with E-state index in [0.717, 1.165) is 23.4 Å². The van der Waals surface area contributed by atoms with Gasteiger partial charge in [-0.3, -0.25) is 4.74 Å². The van der Waals surface area contributed by atoms with Gasteiger partial charge in [0.05, 0.1) is 0 Å². The molecule has 1 aliphatic rings. The second-order valence-electron chi connectivity index (χ2n) is 7.57. The van der Waals surface area contributed by atoms with Crippen LogP contribution < -0.4 is 0 Å². The molecule has 0 N–H and O–H groups in total. The molecule has 0 radical (unpaired) electrons. The van der Waals surface area contributed by atoms with Crippen molar-refractivity contribution in [3.05, 3.63) is 49.2 Å². The number of nitrogens with zero attached hydrogens (tertiary/aromatic N) is 1. The van der Waals surface area contributed by atoms with Crippen LogP contribution in [0.5, 0.6) is 0 Å². The topological polar surface area (TPSA) is 12.4 Å². The summed E-state index contributed by atoms with van der Waals surface area (Å²) in [6.45, 7) is 21.2. The predicted octanol–water partition coefficient (Wildman–Crippen LogP) is 8.95. The first kappa shape index (κ1) is 29.1. The van der Waals surface area contributed by atoms with Gasteiger partial charge in [0.15, 0.2) is 0 Å². The Bertz CT molecular complexity index is 474. The molecule has 0 bridgehead atoms. The van der Waals surface area contributed by atoms with Crippen LogP contribution in [0, 0.1) is 0 Å². The third kappa shape index (κ3) is 9.30. The molecular weight excluding hydrogens is 381 g/mol. The third-order valence-corrected chi connectivity index (χ3v) is 11.1. The first-order valence-corrected chi connectivity index (χ1v) is 12.6. The maximum absolute atomic E-state index is 5.57. The second kappa shape index (κ2) is 16.8. The molecule has 0 aromatic carbocycles. The van der Waals surface area contributed by atoms with Crippen LogP contribution in [-0.2, 0) is 21.7 Å². The molecule has 3 atom stereocenters. The van der Waals surface area contributed by atoms with Crippen LogP contribution in [0.4, 0.5) is 0 Å². The zero-order chi connectivity index (χ0) is 20.0. The fourth-order valence-corrected chi connectivity index (χ4v) is 10.0. The monoisotopic (exact) mass is 425 g/mol. The van der Waals surface area contributed by atoms with Gasteiger partial charge in [0.2, 0.25) is 0 Å². The van der Waals surface area contributed by atoms with Crippen molar-refractivity contribution < 1.29 is 21.7 Å². The standard InChI is InChI=1S/C20H38NP.C4H6.Ti/c1-7-12-17(4)22(18(5)13-8-2,19(6)14-9-3)21-20-15-10-11-16-20;1-3-4-2;/h10-11,15,17-19H,7-9,12-14,16H2,1-6H3;3-4H,1-2H2;. The van der Waals surface area contributed by atoms with Crippen molar-refractivity contribution in [1.82, 2.24) is 0 Å². The van der Waals surface area contributed by atoms with Crippen molar-refractivity contribution in [2.45, 2.75) is 103 Å². The van der Waals surface area contributed by atoms with Crippen molar-refractivity contribution >= 4 is 7.05 Å². The van der Waals surface area contributed by atoms with Gasteiger partial charge in [-0.2, -0.15) is 0 Å². The van der Waals surface area contributed by atoms with Gasteiger partial charge >= 0.3 is 0 Å². The van der Waals surface area contributed by atoms with Gasteiger partial charge in [-0.25, -0.2) is 0 Å². The summed E-state index contributed by atoms with van der Waals surface area (Å²) in [5.74, 6) is 0. The van der Waals surface area contributed by atoms with Crippen LogP contribution in [0.1, 0.15) is 86.5 Å². The molecule has 0 aromatic rings. The average molecular weight is 425 g/mol. The van der Waals surface area contributed by atoms with Crippen LogP contribution in [-0.4, -0.2) is 17.0 Å². The Kier molecular flexibility index (Phi) is 18.1. The number of hydrogen-bond donors (Lipinski definition) is 0. The molecule has 1 aliphatic carbocycles. The molecule has 1 nitrogen and oxygen atoms in total. The number of allylic oxidation sites excluding steroid dienone is 5. The van der Waals surface area contributed by atoms with Crippen molar-refractivity contribution in [1.29, 1.82) is 0 Å². The minimum absolute atomic E-state index is 0. The molecule has 0 aromatic heterocycles. The maximum Gasteiger partial charge on any atom is 0.0425 e. The zero-order valence-electron chi connectivity index (χ0n) is 18.9. The van der Waals surface area contributed by atoms with Crippen LogP contribution in [0.25, 0.3) is 0 Å². The smallest absolute Gasteiger partial charge is 0.0425 e. The van der Waals surface area contributed by atoms with Crippen molar-refractivity contribution in [3.8, 4) is 0 Å². The predicted molar refractivity (Wildman–Crippen MR) is 125 cm³/mol. The second-order valence-corrected chi connectivity index (χ2v) is 12.0. The summed E-state index contributed by atoms with van der Waals surface area (Å²) < 4.78 is 5.57. The van der Waals surface area contributed by atoms with E-state index in [2.05, 4.69) is 72.9 Å². The van der Waals surface area contributed by atoms with E-state index in [9.17, 15) is 0 Å². The van der Waals surface area contributed by atoms with E-state index in [1.54, 1.807) is 12.2 Å². The van der Waals surface area contributed by atoms with E-state index in [-0.39, 0.29) is 21.7 Å². The van der Waals surface area contributed by atoms with E-state index in [0.29, 0.717) is 0 Å². The average Bonchev–Trinajstić information content (AvgIpc) is 3.13. The van der Waals surface area contributed by atoms with Crippen LogP contribution >= 0.6 is 7.05 Å². The van der Waals surface area contributed by atoms with Crippen LogP contribution in [0.2, 0.25) is 0 Å². The molecule has 0 amide bonds. The molecular formula is C24H44NPTi.